The van der Waals surface area contributed by atoms with Crippen LogP contribution in [-0.4, -0.2) is 23.3 Å². The van der Waals surface area contributed by atoms with Crippen LogP contribution in [0.3, 0.4) is 0 Å². The standard InChI is InChI=1S/C25H21N3O4S.ClH/c26-22(29)21-17-10-11-28(13-15-6-2-1-3-7-15)14-20(17)33-24(21)27-23(30)18-12-16-8-4-5-9-19(16)32-25(18)31;/h1-9,12H,10-11,13-14H2,(H2,26,29)(H,27,30);1H. The lowest BCUT2D eigenvalue weighted by atomic mass is 10.0. The van der Waals surface area contributed by atoms with Crippen molar-refractivity contribution in [3.8, 4) is 0 Å². The van der Waals surface area contributed by atoms with Gasteiger partial charge in [0.15, 0.2) is 0 Å². The molecule has 2 amide bonds. The highest BCUT2D eigenvalue weighted by atomic mass is 35.5. The lowest BCUT2D eigenvalue weighted by Gasteiger charge is -2.27. The van der Waals surface area contributed by atoms with Gasteiger partial charge in [-0.05, 0) is 29.7 Å². The minimum Gasteiger partial charge on any atom is -0.422 e. The minimum atomic E-state index is -0.734. The summed E-state index contributed by atoms with van der Waals surface area (Å²) >= 11 is 1.33. The number of nitrogens with two attached hydrogens (primary N) is 1. The number of rotatable bonds is 5. The fourth-order valence-corrected chi connectivity index (χ4v) is 5.46. The maximum Gasteiger partial charge on any atom is 0.349 e. The number of carbonyl (C=O) groups excluding carboxylic acids is 2. The second-order valence-electron chi connectivity index (χ2n) is 7.96. The molecule has 1 aliphatic rings. The van der Waals surface area contributed by atoms with Crippen molar-refractivity contribution in [2.75, 3.05) is 11.9 Å². The molecule has 5 rings (SSSR count). The Kier molecular flexibility index (Phi) is 6.83. The highest BCUT2D eigenvalue weighted by molar-refractivity contribution is 7.17. The molecule has 34 heavy (non-hydrogen) atoms. The van der Waals surface area contributed by atoms with Crippen LogP contribution in [0.5, 0.6) is 0 Å². The molecule has 0 saturated heterocycles. The quantitative estimate of drug-likeness (QED) is 0.404. The monoisotopic (exact) mass is 495 g/mol. The molecule has 3 heterocycles. The number of nitrogens with one attached hydrogen (secondary N) is 1. The predicted octanol–water partition coefficient (Wildman–Crippen LogP) is 4.19. The Morgan fingerprint density at radius 3 is 2.59 bits per heavy atom. The van der Waals surface area contributed by atoms with Gasteiger partial charge in [0.1, 0.15) is 16.1 Å². The Morgan fingerprint density at radius 2 is 1.82 bits per heavy atom. The molecule has 7 nitrogen and oxygen atoms in total. The van der Waals surface area contributed by atoms with Crippen LogP contribution >= 0.6 is 23.7 Å². The average Bonchev–Trinajstić information content (AvgIpc) is 3.16. The number of carbonyl (C=O) groups is 2. The number of anilines is 1. The van der Waals surface area contributed by atoms with Crippen molar-refractivity contribution in [3.63, 3.8) is 0 Å². The molecule has 0 atom stereocenters. The van der Waals surface area contributed by atoms with Crippen molar-refractivity contribution >= 4 is 51.5 Å². The summed E-state index contributed by atoms with van der Waals surface area (Å²) in [5, 5.41) is 3.74. The van der Waals surface area contributed by atoms with Crippen molar-refractivity contribution in [2.24, 2.45) is 5.73 Å². The Morgan fingerprint density at radius 1 is 1.09 bits per heavy atom. The molecule has 0 saturated carbocycles. The number of fused-ring (bicyclic) bond motifs is 2. The highest BCUT2D eigenvalue weighted by Crippen LogP contribution is 2.37. The molecule has 2 aromatic carbocycles. The summed E-state index contributed by atoms with van der Waals surface area (Å²) in [5.74, 6) is -1.22. The third-order valence-corrected chi connectivity index (χ3v) is 6.88. The van der Waals surface area contributed by atoms with Gasteiger partial charge in [-0.3, -0.25) is 14.5 Å². The molecule has 2 aromatic heterocycles. The fourth-order valence-electron chi connectivity index (χ4n) is 4.17. The summed E-state index contributed by atoms with van der Waals surface area (Å²) in [5.41, 5.74) is 7.64. The van der Waals surface area contributed by atoms with E-state index < -0.39 is 17.4 Å². The lowest BCUT2D eigenvalue weighted by Crippen LogP contribution is -2.30. The molecule has 1 aliphatic heterocycles. The summed E-state index contributed by atoms with van der Waals surface area (Å²) in [6.07, 6.45) is 0.658. The van der Waals surface area contributed by atoms with E-state index >= 15 is 0 Å². The van der Waals surface area contributed by atoms with Crippen LogP contribution in [0.1, 0.15) is 36.7 Å². The first-order valence-corrected chi connectivity index (χ1v) is 11.4. The number of benzene rings is 2. The Labute approximate surface area is 205 Å². The van der Waals surface area contributed by atoms with Gasteiger partial charge in [0, 0.05) is 29.9 Å². The largest absolute Gasteiger partial charge is 0.422 e. The van der Waals surface area contributed by atoms with Crippen molar-refractivity contribution < 1.29 is 14.0 Å². The molecule has 0 radical (unpaired) electrons. The molecule has 0 aliphatic carbocycles. The van der Waals surface area contributed by atoms with Crippen LogP contribution in [0.2, 0.25) is 0 Å². The number of amides is 2. The first kappa shape index (κ1) is 23.7. The maximum atomic E-state index is 12.9. The number of hydrogen-bond acceptors (Lipinski definition) is 6. The number of nitrogens with zero attached hydrogens (tertiary/aromatic N) is 1. The number of primary amides is 1. The van der Waals surface area contributed by atoms with Crippen LogP contribution in [0, 0.1) is 0 Å². The van der Waals surface area contributed by atoms with E-state index in [1.165, 1.54) is 23.0 Å². The van der Waals surface area contributed by atoms with Crippen molar-refractivity contribution in [1.29, 1.82) is 0 Å². The topological polar surface area (TPSA) is 106 Å². The van der Waals surface area contributed by atoms with E-state index in [1.54, 1.807) is 24.3 Å². The Hall–Kier alpha value is -3.46. The van der Waals surface area contributed by atoms with Crippen LogP contribution in [0.4, 0.5) is 5.00 Å². The second-order valence-corrected chi connectivity index (χ2v) is 9.06. The van der Waals surface area contributed by atoms with Crippen LogP contribution in [-0.2, 0) is 19.5 Å². The highest BCUT2D eigenvalue weighted by Gasteiger charge is 2.28. The van der Waals surface area contributed by atoms with Gasteiger partial charge < -0.3 is 15.5 Å². The lowest BCUT2D eigenvalue weighted by molar-refractivity contribution is 0.0999. The summed E-state index contributed by atoms with van der Waals surface area (Å²) in [4.78, 5) is 40.9. The van der Waals surface area contributed by atoms with Gasteiger partial charge >= 0.3 is 5.63 Å². The zero-order chi connectivity index (χ0) is 22.9. The Balaban J connectivity index is 0.00000274. The molecule has 0 unspecified atom stereocenters. The summed E-state index contributed by atoms with van der Waals surface area (Å²) in [7, 11) is 0. The molecule has 0 bridgehead atoms. The Bertz CT molecular complexity index is 1430. The molecule has 3 N–H and O–H groups in total. The maximum absolute atomic E-state index is 12.9. The zero-order valence-corrected chi connectivity index (χ0v) is 19.7. The normalized spacial score (nSPS) is 13.2. The third kappa shape index (κ3) is 4.61. The SMILES string of the molecule is Cl.NC(=O)c1c(NC(=O)c2cc3ccccc3oc2=O)sc2c1CCN(Cc1ccccc1)C2. The van der Waals surface area contributed by atoms with Gasteiger partial charge in [-0.15, -0.1) is 23.7 Å². The van der Waals surface area contributed by atoms with E-state index in [2.05, 4.69) is 22.3 Å². The van der Waals surface area contributed by atoms with Gasteiger partial charge in [0.25, 0.3) is 11.8 Å². The van der Waals surface area contributed by atoms with Gasteiger partial charge in [0.05, 0.1) is 5.56 Å². The van der Waals surface area contributed by atoms with Crippen LogP contribution in [0.15, 0.2) is 69.9 Å². The summed E-state index contributed by atoms with van der Waals surface area (Å²) in [6.45, 7) is 2.23. The van der Waals surface area contributed by atoms with E-state index in [0.717, 1.165) is 23.5 Å². The van der Waals surface area contributed by atoms with Gasteiger partial charge in [-0.2, -0.15) is 0 Å². The van der Waals surface area contributed by atoms with Gasteiger partial charge in [-0.1, -0.05) is 48.5 Å². The molecule has 4 aromatic rings. The first-order chi connectivity index (χ1) is 16.0. The molecular formula is C25H22ClN3O4S. The van der Waals surface area contributed by atoms with E-state index in [9.17, 15) is 14.4 Å². The molecule has 9 heteroatoms. The number of hydrogen-bond donors (Lipinski definition) is 2. The van der Waals surface area contributed by atoms with Gasteiger partial charge in [0.2, 0.25) is 0 Å². The molecular weight excluding hydrogens is 474 g/mol. The van der Waals surface area contributed by atoms with E-state index in [1.807, 2.05) is 18.2 Å². The van der Waals surface area contributed by atoms with Crippen molar-refractivity contribution in [1.82, 2.24) is 4.90 Å². The molecule has 0 fully saturated rings. The zero-order valence-electron chi connectivity index (χ0n) is 18.1. The van der Waals surface area contributed by atoms with Crippen LogP contribution in [0.25, 0.3) is 11.0 Å². The fraction of sp³-hybridized carbons (Fsp3) is 0.160. The minimum absolute atomic E-state index is 0. The second kappa shape index (κ2) is 9.80. The third-order valence-electron chi connectivity index (χ3n) is 5.74. The number of halogens is 1. The van der Waals surface area contributed by atoms with E-state index in [0.29, 0.717) is 34.5 Å². The predicted molar refractivity (Wildman–Crippen MR) is 135 cm³/mol. The number of thiophene rings is 1. The molecule has 0 spiro atoms. The average molecular weight is 496 g/mol. The van der Waals surface area contributed by atoms with Crippen LogP contribution < -0.4 is 16.7 Å². The van der Waals surface area contributed by atoms with Crippen molar-refractivity contribution in [2.45, 2.75) is 19.5 Å². The van der Waals surface area contributed by atoms with Crippen molar-refractivity contribution in [3.05, 3.63) is 98.2 Å². The van der Waals surface area contributed by atoms with Gasteiger partial charge in [-0.25, -0.2) is 4.79 Å². The number of para-hydroxylation sites is 1. The summed E-state index contributed by atoms with van der Waals surface area (Å²) in [6, 6.07) is 18.6. The van der Waals surface area contributed by atoms with E-state index in [4.69, 9.17) is 10.2 Å². The molecule has 174 valence electrons. The summed E-state index contributed by atoms with van der Waals surface area (Å²) < 4.78 is 5.27. The van der Waals surface area contributed by atoms with E-state index in [-0.39, 0.29) is 18.0 Å². The first-order valence-electron chi connectivity index (χ1n) is 10.5. The smallest absolute Gasteiger partial charge is 0.349 e.